The zero-order valence-electron chi connectivity index (χ0n) is 10.4. The monoisotopic (exact) mass is 271 g/mol. The van der Waals surface area contributed by atoms with Gasteiger partial charge in [0.15, 0.2) is 9.84 Å². The lowest BCUT2D eigenvalue weighted by Crippen LogP contribution is -2.26. The van der Waals surface area contributed by atoms with Crippen LogP contribution in [-0.2, 0) is 25.8 Å². The van der Waals surface area contributed by atoms with Gasteiger partial charge in [-0.15, -0.1) is 0 Å². The van der Waals surface area contributed by atoms with Crippen molar-refractivity contribution in [1.82, 2.24) is 0 Å². The first kappa shape index (κ1) is 14.7. The van der Waals surface area contributed by atoms with Crippen LogP contribution in [0.25, 0.3) is 0 Å². The van der Waals surface area contributed by atoms with Gasteiger partial charge in [-0.1, -0.05) is 12.1 Å². The van der Waals surface area contributed by atoms with Gasteiger partial charge in [0.05, 0.1) is 17.9 Å². The lowest BCUT2D eigenvalue weighted by molar-refractivity contribution is -0.145. The molecule has 1 rings (SSSR count). The first-order chi connectivity index (χ1) is 8.38. The van der Waals surface area contributed by atoms with Gasteiger partial charge >= 0.3 is 5.97 Å². The van der Waals surface area contributed by atoms with Crippen LogP contribution in [0, 0.1) is 5.92 Å². The molecule has 1 atom stereocenters. The molecule has 0 aromatic heterocycles. The van der Waals surface area contributed by atoms with Crippen LogP contribution in [0.1, 0.15) is 5.56 Å². The molecular formula is C12H17NO4S. The highest BCUT2D eigenvalue weighted by atomic mass is 32.2. The Kier molecular flexibility index (Phi) is 4.86. The van der Waals surface area contributed by atoms with Crippen molar-refractivity contribution in [2.45, 2.75) is 11.3 Å². The first-order valence-electron chi connectivity index (χ1n) is 5.45. The standard InChI is InChI=1S/C12H17NO4S/c1-17-12(14)10(8-13)6-9-4-3-5-11(7-9)18(2,15)16/h3-5,7,10H,6,8,13H2,1-2H3. The first-order valence-corrected chi connectivity index (χ1v) is 7.34. The second-order valence-electron chi connectivity index (χ2n) is 4.08. The molecule has 1 aromatic carbocycles. The number of rotatable bonds is 5. The van der Waals surface area contributed by atoms with Gasteiger partial charge in [-0.25, -0.2) is 8.42 Å². The van der Waals surface area contributed by atoms with E-state index >= 15 is 0 Å². The maximum absolute atomic E-state index is 11.4. The minimum atomic E-state index is -3.24. The quantitative estimate of drug-likeness (QED) is 0.782. The van der Waals surface area contributed by atoms with Crippen LogP contribution in [0.5, 0.6) is 0 Å². The van der Waals surface area contributed by atoms with Gasteiger partial charge in [0.1, 0.15) is 0 Å². The molecule has 1 aromatic rings. The van der Waals surface area contributed by atoms with Crippen molar-refractivity contribution in [2.75, 3.05) is 19.9 Å². The molecule has 0 fully saturated rings. The third kappa shape index (κ3) is 3.82. The zero-order chi connectivity index (χ0) is 13.8. The lowest BCUT2D eigenvalue weighted by Gasteiger charge is -2.12. The maximum atomic E-state index is 11.4. The summed E-state index contributed by atoms with van der Waals surface area (Å²) >= 11 is 0. The molecule has 6 heteroatoms. The fraction of sp³-hybridized carbons (Fsp3) is 0.417. The van der Waals surface area contributed by atoms with E-state index in [9.17, 15) is 13.2 Å². The Morgan fingerprint density at radius 3 is 2.61 bits per heavy atom. The number of nitrogens with two attached hydrogens (primary N) is 1. The second kappa shape index (κ2) is 5.97. The van der Waals surface area contributed by atoms with E-state index < -0.39 is 15.8 Å². The van der Waals surface area contributed by atoms with Crippen LogP contribution in [0.15, 0.2) is 29.2 Å². The normalized spacial score (nSPS) is 13.1. The van der Waals surface area contributed by atoms with E-state index in [4.69, 9.17) is 5.73 Å². The molecular weight excluding hydrogens is 254 g/mol. The van der Waals surface area contributed by atoms with Crippen LogP contribution in [0.3, 0.4) is 0 Å². The van der Waals surface area contributed by atoms with Gasteiger partial charge in [0.2, 0.25) is 0 Å². The molecule has 18 heavy (non-hydrogen) atoms. The molecule has 0 aliphatic rings. The van der Waals surface area contributed by atoms with Gasteiger partial charge < -0.3 is 10.5 Å². The predicted molar refractivity (Wildman–Crippen MR) is 67.8 cm³/mol. The Balaban J connectivity index is 2.94. The summed E-state index contributed by atoms with van der Waals surface area (Å²) in [6.45, 7) is 0.162. The summed E-state index contributed by atoms with van der Waals surface area (Å²) < 4.78 is 27.5. The predicted octanol–water partition coefficient (Wildman–Crippen LogP) is 0.380. The van der Waals surface area contributed by atoms with Crippen molar-refractivity contribution < 1.29 is 17.9 Å². The average molecular weight is 271 g/mol. The van der Waals surface area contributed by atoms with E-state index in [1.165, 1.54) is 13.2 Å². The molecule has 5 nitrogen and oxygen atoms in total. The van der Waals surface area contributed by atoms with Crippen LogP contribution in [-0.4, -0.2) is 34.3 Å². The molecule has 0 radical (unpaired) electrons. The Morgan fingerprint density at radius 2 is 2.11 bits per heavy atom. The molecule has 100 valence electrons. The van der Waals surface area contributed by atoms with Crippen molar-refractivity contribution in [3.63, 3.8) is 0 Å². The highest BCUT2D eigenvalue weighted by Gasteiger charge is 2.18. The van der Waals surface area contributed by atoms with Crippen LogP contribution in [0.4, 0.5) is 0 Å². The fourth-order valence-electron chi connectivity index (χ4n) is 1.62. The van der Waals surface area contributed by atoms with Crippen molar-refractivity contribution >= 4 is 15.8 Å². The number of ether oxygens (including phenoxy) is 1. The number of carbonyl (C=O) groups excluding carboxylic acids is 1. The van der Waals surface area contributed by atoms with Gasteiger partial charge in [0.25, 0.3) is 0 Å². The highest BCUT2D eigenvalue weighted by Crippen LogP contribution is 2.15. The summed E-state index contributed by atoms with van der Waals surface area (Å²) in [5.41, 5.74) is 6.25. The molecule has 1 unspecified atom stereocenters. The average Bonchev–Trinajstić information content (AvgIpc) is 2.34. The summed E-state index contributed by atoms with van der Waals surface area (Å²) in [7, 11) is -1.94. The summed E-state index contributed by atoms with van der Waals surface area (Å²) in [5.74, 6) is -0.841. The Hall–Kier alpha value is -1.40. The summed E-state index contributed by atoms with van der Waals surface area (Å²) in [6.07, 6.45) is 1.51. The van der Waals surface area contributed by atoms with Gasteiger partial charge in [-0.05, 0) is 24.1 Å². The zero-order valence-corrected chi connectivity index (χ0v) is 11.2. The van der Waals surface area contributed by atoms with Gasteiger partial charge in [-0.3, -0.25) is 4.79 Å². The van der Waals surface area contributed by atoms with E-state index in [2.05, 4.69) is 4.74 Å². The van der Waals surface area contributed by atoms with Crippen molar-refractivity contribution in [2.24, 2.45) is 11.7 Å². The minimum Gasteiger partial charge on any atom is -0.469 e. The topological polar surface area (TPSA) is 86.5 Å². The summed E-state index contributed by atoms with van der Waals surface area (Å²) in [6, 6.07) is 6.49. The molecule has 0 bridgehead atoms. The van der Waals surface area contributed by atoms with Gasteiger partial charge in [0, 0.05) is 12.8 Å². The molecule has 0 spiro atoms. The van der Waals surface area contributed by atoms with E-state index in [1.807, 2.05) is 0 Å². The molecule has 0 saturated heterocycles. The molecule has 0 saturated carbocycles. The summed E-state index contributed by atoms with van der Waals surface area (Å²) in [5, 5.41) is 0. The number of carbonyl (C=O) groups is 1. The van der Waals surface area contributed by atoms with E-state index in [0.717, 1.165) is 11.8 Å². The van der Waals surface area contributed by atoms with Crippen molar-refractivity contribution in [3.05, 3.63) is 29.8 Å². The number of esters is 1. The lowest BCUT2D eigenvalue weighted by atomic mass is 10.00. The molecule has 0 aliphatic heterocycles. The largest absolute Gasteiger partial charge is 0.469 e. The number of sulfone groups is 1. The Bertz CT molecular complexity index is 525. The number of hydrogen-bond acceptors (Lipinski definition) is 5. The van der Waals surface area contributed by atoms with E-state index in [1.54, 1.807) is 18.2 Å². The number of methoxy groups -OCH3 is 1. The van der Waals surface area contributed by atoms with E-state index in [0.29, 0.717) is 6.42 Å². The third-order valence-corrected chi connectivity index (χ3v) is 3.74. The maximum Gasteiger partial charge on any atom is 0.310 e. The molecule has 0 amide bonds. The minimum absolute atomic E-state index is 0.162. The Morgan fingerprint density at radius 1 is 1.44 bits per heavy atom. The van der Waals surface area contributed by atoms with Crippen molar-refractivity contribution in [1.29, 1.82) is 0 Å². The van der Waals surface area contributed by atoms with E-state index in [-0.39, 0.29) is 17.4 Å². The molecule has 2 N–H and O–H groups in total. The Labute approximate surface area is 107 Å². The van der Waals surface area contributed by atoms with Crippen LogP contribution >= 0.6 is 0 Å². The second-order valence-corrected chi connectivity index (χ2v) is 6.10. The number of hydrogen-bond donors (Lipinski definition) is 1. The van der Waals surface area contributed by atoms with Crippen LogP contribution < -0.4 is 5.73 Å². The van der Waals surface area contributed by atoms with Gasteiger partial charge in [-0.2, -0.15) is 0 Å². The van der Waals surface area contributed by atoms with Crippen LogP contribution in [0.2, 0.25) is 0 Å². The van der Waals surface area contributed by atoms with Crippen molar-refractivity contribution in [3.8, 4) is 0 Å². The number of benzene rings is 1. The summed E-state index contributed by atoms with van der Waals surface area (Å²) in [4.78, 5) is 11.6. The fourth-order valence-corrected chi connectivity index (χ4v) is 2.31. The SMILES string of the molecule is COC(=O)C(CN)Cc1cccc(S(C)(=O)=O)c1. The smallest absolute Gasteiger partial charge is 0.310 e. The molecule has 0 aliphatic carbocycles. The highest BCUT2D eigenvalue weighted by molar-refractivity contribution is 7.90. The molecule has 0 heterocycles. The third-order valence-electron chi connectivity index (χ3n) is 2.63.